The molecule has 0 spiro atoms. The maximum absolute atomic E-state index is 12.8. The van der Waals surface area contributed by atoms with Crippen molar-refractivity contribution in [2.45, 2.75) is 55.5 Å². The SMILES string of the molecule is CCCCC(C)COC(=O)CCSc1cc(SC)cc(-c2ccc(C(F)(F)F)cc2)c1. The van der Waals surface area contributed by atoms with Crippen molar-refractivity contribution in [3.63, 3.8) is 0 Å². The summed E-state index contributed by atoms with van der Waals surface area (Å²) < 4.78 is 43.8. The number of rotatable bonds is 11. The minimum Gasteiger partial charge on any atom is -0.465 e. The van der Waals surface area contributed by atoms with Gasteiger partial charge in [-0.1, -0.05) is 38.8 Å². The summed E-state index contributed by atoms with van der Waals surface area (Å²) in [5.74, 6) is 0.771. The zero-order valence-electron chi connectivity index (χ0n) is 18.1. The number of ether oxygens (including phenoxy) is 1. The van der Waals surface area contributed by atoms with Gasteiger partial charge in [-0.3, -0.25) is 4.79 Å². The van der Waals surface area contributed by atoms with Gasteiger partial charge >= 0.3 is 12.1 Å². The van der Waals surface area contributed by atoms with Gasteiger partial charge in [-0.15, -0.1) is 23.5 Å². The van der Waals surface area contributed by atoms with Crippen molar-refractivity contribution in [3.8, 4) is 11.1 Å². The van der Waals surface area contributed by atoms with Crippen LogP contribution in [0.3, 0.4) is 0 Å². The molecule has 0 saturated carbocycles. The largest absolute Gasteiger partial charge is 0.465 e. The van der Waals surface area contributed by atoms with E-state index in [1.165, 1.54) is 12.1 Å². The van der Waals surface area contributed by atoms with E-state index in [1.807, 2.05) is 24.5 Å². The van der Waals surface area contributed by atoms with Gasteiger partial charge in [0, 0.05) is 15.5 Å². The van der Waals surface area contributed by atoms with Crippen LogP contribution in [-0.4, -0.2) is 24.6 Å². The van der Waals surface area contributed by atoms with Crippen LogP contribution >= 0.6 is 23.5 Å². The average Bonchev–Trinajstić information content (AvgIpc) is 2.75. The fourth-order valence-corrected chi connectivity index (χ4v) is 4.48. The van der Waals surface area contributed by atoms with E-state index in [9.17, 15) is 18.0 Å². The lowest BCUT2D eigenvalue weighted by Crippen LogP contribution is -2.12. The molecule has 2 aromatic rings. The first-order valence-corrected chi connectivity index (χ1v) is 12.6. The zero-order valence-corrected chi connectivity index (χ0v) is 19.8. The predicted octanol–water partition coefficient (Wildman–Crippen LogP) is 7.95. The molecule has 0 bridgehead atoms. The zero-order chi connectivity index (χ0) is 22.9. The van der Waals surface area contributed by atoms with E-state index >= 15 is 0 Å². The predicted molar refractivity (Wildman–Crippen MR) is 124 cm³/mol. The van der Waals surface area contributed by atoms with E-state index in [1.54, 1.807) is 23.5 Å². The molecule has 1 unspecified atom stereocenters. The van der Waals surface area contributed by atoms with Crippen LogP contribution in [0.2, 0.25) is 0 Å². The number of hydrogen-bond acceptors (Lipinski definition) is 4. The molecular formula is C24H29F3O2S2. The summed E-state index contributed by atoms with van der Waals surface area (Å²) in [6.07, 6.45) is 1.28. The Morgan fingerprint density at radius 3 is 2.35 bits per heavy atom. The Balaban J connectivity index is 1.96. The Morgan fingerprint density at radius 1 is 1.06 bits per heavy atom. The lowest BCUT2D eigenvalue weighted by atomic mass is 10.0. The van der Waals surface area contributed by atoms with Crippen LogP contribution in [-0.2, 0) is 15.7 Å². The number of benzene rings is 2. The normalized spacial score (nSPS) is 12.6. The first kappa shape index (κ1) is 25.7. The van der Waals surface area contributed by atoms with Gasteiger partial charge in [0.1, 0.15) is 0 Å². The quantitative estimate of drug-likeness (QED) is 0.246. The van der Waals surface area contributed by atoms with Gasteiger partial charge in [0.15, 0.2) is 0 Å². The van der Waals surface area contributed by atoms with Gasteiger partial charge in [0.05, 0.1) is 18.6 Å². The molecule has 1 atom stereocenters. The minimum atomic E-state index is -4.34. The van der Waals surface area contributed by atoms with Crippen molar-refractivity contribution >= 4 is 29.5 Å². The number of esters is 1. The second-order valence-corrected chi connectivity index (χ2v) is 9.55. The Bertz CT molecular complexity index is 836. The van der Waals surface area contributed by atoms with Gasteiger partial charge in [-0.25, -0.2) is 0 Å². The molecule has 0 saturated heterocycles. The summed E-state index contributed by atoms with van der Waals surface area (Å²) in [5, 5.41) is 0. The minimum absolute atomic E-state index is 0.195. The number of hydrogen-bond donors (Lipinski definition) is 0. The molecule has 0 aliphatic rings. The van der Waals surface area contributed by atoms with Crippen LogP contribution in [0, 0.1) is 5.92 Å². The standard InChI is InChI=1S/C24H29F3O2S2/c1-4-5-6-17(2)16-29-23(28)11-12-31-22-14-19(13-21(15-22)30-3)18-7-9-20(10-8-18)24(25,26)27/h7-10,13-15,17H,4-6,11-12,16H2,1-3H3. The number of alkyl halides is 3. The Hall–Kier alpha value is -1.60. The van der Waals surface area contributed by atoms with Crippen molar-refractivity contribution in [2.75, 3.05) is 18.6 Å². The van der Waals surface area contributed by atoms with Gasteiger partial charge < -0.3 is 4.74 Å². The van der Waals surface area contributed by atoms with Crippen molar-refractivity contribution in [2.24, 2.45) is 5.92 Å². The molecule has 7 heteroatoms. The second kappa shape index (κ2) is 12.4. The molecule has 0 heterocycles. The number of unbranched alkanes of at least 4 members (excludes halogenated alkanes) is 1. The van der Waals surface area contributed by atoms with Crippen LogP contribution in [0.25, 0.3) is 11.1 Å². The van der Waals surface area contributed by atoms with Gasteiger partial charge in [-0.2, -0.15) is 13.2 Å². The van der Waals surface area contributed by atoms with Crippen molar-refractivity contribution in [1.82, 2.24) is 0 Å². The monoisotopic (exact) mass is 470 g/mol. The van der Waals surface area contributed by atoms with Gasteiger partial charge in [-0.05, 0) is 60.1 Å². The maximum Gasteiger partial charge on any atom is 0.416 e. The van der Waals surface area contributed by atoms with E-state index in [0.717, 1.165) is 52.3 Å². The molecule has 0 aliphatic heterocycles. The van der Waals surface area contributed by atoms with Crippen molar-refractivity contribution in [1.29, 1.82) is 0 Å². The number of carbonyl (C=O) groups is 1. The Kier molecular flexibility index (Phi) is 10.3. The lowest BCUT2D eigenvalue weighted by molar-refractivity contribution is -0.144. The van der Waals surface area contributed by atoms with Crippen LogP contribution < -0.4 is 0 Å². The Labute approximate surface area is 191 Å². The molecule has 2 nitrogen and oxygen atoms in total. The van der Waals surface area contributed by atoms with E-state index in [2.05, 4.69) is 13.8 Å². The summed E-state index contributed by atoms with van der Waals surface area (Å²) >= 11 is 3.12. The second-order valence-electron chi connectivity index (χ2n) is 7.50. The van der Waals surface area contributed by atoms with Gasteiger partial charge in [0.25, 0.3) is 0 Å². The molecule has 0 aliphatic carbocycles. The van der Waals surface area contributed by atoms with Crippen LogP contribution in [0.15, 0.2) is 52.3 Å². The Morgan fingerprint density at radius 2 is 1.74 bits per heavy atom. The maximum atomic E-state index is 12.8. The molecule has 0 amide bonds. The van der Waals surface area contributed by atoms with Crippen molar-refractivity contribution in [3.05, 3.63) is 48.0 Å². The van der Waals surface area contributed by atoms with E-state index in [-0.39, 0.29) is 5.97 Å². The highest BCUT2D eigenvalue weighted by atomic mass is 32.2. The summed E-state index contributed by atoms with van der Waals surface area (Å²) in [6, 6.07) is 11.1. The molecule has 0 radical (unpaired) electrons. The fraction of sp³-hybridized carbons (Fsp3) is 0.458. The first-order valence-electron chi connectivity index (χ1n) is 10.4. The molecule has 31 heavy (non-hydrogen) atoms. The lowest BCUT2D eigenvalue weighted by Gasteiger charge is -2.12. The topological polar surface area (TPSA) is 26.3 Å². The highest BCUT2D eigenvalue weighted by Gasteiger charge is 2.30. The molecule has 170 valence electrons. The summed E-state index contributed by atoms with van der Waals surface area (Å²) in [5.41, 5.74) is 0.927. The van der Waals surface area contributed by atoms with Crippen LogP contribution in [0.5, 0.6) is 0 Å². The summed E-state index contributed by atoms with van der Waals surface area (Å²) in [6.45, 7) is 4.70. The fourth-order valence-electron chi connectivity index (χ4n) is 2.99. The molecular weight excluding hydrogens is 441 g/mol. The van der Waals surface area contributed by atoms with Crippen LogP contribution in [0.1, 0.15) is 45.1 Å². The number of carbonyl (C=O) groups excluding carboxylic acids is 1. The van der Waals surface area contributed by atoms with E-state index in [4.69, 9.17) is 4.74 Å². The smallest absolute Gasteiger partial charge is 0.416 e. The van der Waals surface area contributed by atoms with Crippen molar-refractivity contribution < 1.29 is 22.7 Å². The highest BCUT2D eigenvalue weighted by Crippen LogP contribution is 2.34. The first-order chi connectivity index (χ1) is 14.7. The third-order valence-corrected chi connectivity index (χ3v) is 6.50. The molecule has 2 rings (SSSR count). The van der Waals surface area contributed by atoms with E-state index in [0.29, 0.717) is 24.7 Å². The highest BCUT2D eigenvalue weighted by molar-refractivity contribution is 7.99. The number of thioether (sulfide) groups is 2. The average molecular weight is 471 g/mol. The number of halogens is 3. The third kappa shape index (κ3) is 8.81. The molecule has 0 fully saturated rings. The summed E-state index contributed by atoms with van der Waals surface area (Å²) in [7, 11) is 0. The summed E-state index contributed by atoms with van der Waals surface area (Å²) in [4.78, 5) is 14.0. The third-order valence-electron chi connectivity index (χ3n) is 4.82. The van der Waals surface area contributed by atoms with Gasteiger partial charge in [0.2, 0.25) is 0 Å². The van der Waals surface area contributed by atoms with E-state index < -0.39 is 11.7 Å². The molecule has 2 aromatic carbocycles. The van der Waals surface area contributed by atoms with Crippen LogP contribution in [0.4, 0.5) is 13.2 Å². The molecule has 0 aromatic heterocycles. The molecule has 0 N–H and O–H groups in total.